The van der Waals surface area contributed by atoms with Crippen LogP contribution in [0.15, 0.2) is 29.2 Å². The summed E-state index contributed by atoms with van der Waals surface area (Å²) in [5.41, 5.74) is 0.0487. The molecule has 0 saturated heterocycles. The molecule has 3 heteroatoms. The Labute approximate surface area is 90.1 Å². The quantitative estimate of drug-likeness (QED) is 0.570. The third kappa shape index (κ3) is 4.48. The minimum Gasteiger partial charge on any atom is -0.314 e. The standard InChI is InChI=1S/C12H16N2O/c1-2-3-5-8-13-9-11-14-10-6-4-7-12(14)15/h4,6-7,10,13H,5,8-9,11H2,1H3. The molecule has 1 N–H and O–H groups in total. The Hall–Kier alpha value is -1.53. The second-order valence-electron chi connectivity index (χ2n) is 3.16. The molecule has 80 valence electrons. The Morgan fingerprint density at radius 3 is 3.00 bits per heavy atom. The van der Waals surface area contributed by atoms with E-state index in [0.717, 1.165) is 19.5 Å². The van der Waals surface area contributed by atoms with Gasteiger partial charge in [0.05, 0.1) is 0 Å². The van der Waals surface area contributed by atoms with Crippen molar-refractivity contribution >= 4 is 0 Å². The van der Waals surface area contributed by atoms with Gasteiger partial charge in [0, 0.05) is 38.3 Å². The fraction of sp³-hybridized carbons (Fsp3) is 0.417. The molecule has 1 heterocycles. The molecule has 0 bridgehead atoms. The second kappa shape index (κ2) is 6.86. The molecule has 1 aromatic rings. The topological polar surface area (TPSA) is 34.0 Å². The predicted octanol–water partition coefficient (Wildman–Crippen LogP) is 0.851. The van der Waals surface area contributed by atoms with Crippen molar-refractivity contribution in [3.05, 3.63) is 34.7 Å². The summed E-state index contributed by atoms with van der Waals surface area (Å²) >= 11 is 0. The van der Waals surface area contributed by atoms with Crippen LogP contribution < -0.4 is 10.9 Å². The average Bonchev–Trinajstić information content (AvgIpc) is 2.25. The van der Waals surface area contributed by atoms with Crippen molar-refractivity contribution < 1.29 is 0 Å². The van der Waals surface area contributed by atoms with Crippen LogP contribution in [-0.2, 0) is 6.54 Å². The van der Waals surface area contributed by atoms with Gasteiger partial charge in [0.1, 0.15) is 0 Å². The van der Waals surface area contributed by atoms with Gasteiger partial charge in [-0.2, -0.15) is 0 Å². The minimum absolute atomic E-state index is 0.0487. The summed E-state index contributed by atoms with van der Waals surface area (Å²) in [6, 6.07) is 5.19. The van der Waals surface area contributed by atoms with E-state index in [1.54, 1.807) is 22.9 Å². The first kappa shape index (κ1) is 11.5. The van der Waals surface area contributed by atoms with E-state index in [4.69, 9.17) is 0 Å². The molecule has 15 heavy (non-hydrogen) atoms. The van der Waals surface area contributed by atoms with E-state index in [2.05, 4.69) is 17.2 Å². The van der Waals surface area contributed by atoms with E-state index in [-0.39, 0.29) is 5.56 Å². The summed E-state index contributed by atoms with van der Waals surface area (Å²) < 4.78 is 1.69. The number of hydrogen-bond acceptors (Lipinski definition) is 2. The fourth-order valence-electron chi connectivity index (χ4n) is 1.25. The smallest absolute Gasteiger partial charge is 0.250 e. The summed E-state index contributed by atoms with van der Waals surface area (Å²) in [6.07, 6.45) is 2.66. The van der Waals surface area contributed by atoms with E-state index in [0.29, 0.717) is 6.54 Å². The molecule has 0 fully saturated rings. The minimum atomic E-state index is 0.0487. The molecule has 0 saturated carbocycles. The highest BCUT2D eigenvalue weighted by Gasteiger charge is 1.92. The van der Waals surface area contributed by atoms with Crippen LogP contribution >= 0.6 is 0 Å². The van der Waals surface area contributed by atoms with Crippen LogP contribution in [0, 0.1) is 11.8 Å². The molecule has 1 aromatic heterocycles. The Bertz CT molecular complexity index is 398. The average molecular weight is 204 g/mol. The van der Waals surface area contributed by atoms with Crippen molar-refractivity contribution in [1.82, 2.24) is 9.88 Å². The molecule has 1 rings (SSSR count). The highest BCUT2D eigenvalue weighted by atomic mass is 16.1. The molecular formula is C12H16N2O. The van der Waals surface area contributed by atoms with Gasteiger partial charge in [-0.25, -0.2) is 0 Å². The van der Waals surface area contributed by atoms with E-state index in [1.807, 2.05) is 13.0 Å². The van der Waals surface area contributed by atoms with Crippen molar-refractivity contribution in [3.8, 4) is 11.8 Å². The number of nitrogens with zero attached hydrogens (tertiary/aromatic N) is 1. The van der Waals surface area contributed by atoms with Gasteiger partial charge >= 0.3 is 0 Å². The summed E-state index contributed by atoms with van der Waals surface area (Å²) in [4.78, 5) is 11.3. The largest absolute Gasteiger partial charge is 0.314 e. The van der Waals surface area contributed by atoms with Crippen LogP contribution in [-0.4, -0.2) is 17.7 Å². The summed E-state index contributed by atoms with van der Waals surface area (Å²) in [7, 11) is 0. The first-order valence-electron chi connectivity index (χ1n) is 5.10. The summed E-state index contributed by atoms with van der Waals surface area (Å²) in [5, 5.41) is 3.23. The van der Waals surface area contributed by atoms with E-state index >= 15 is 0 Å². The lowest BCUT2D eigenvalue weighted by atomic mass is 10.4. The van der Waals surface area contributed by atoms with Gasteiger partial charge in [-0.3, -0.25) is 4.79 Å². The number of pyridine rings is 1. The maximum absolute atomic E-state index is 11.3. The van der Waals surface area contributed by atoms with E-state index < -0.39 is 0 Å². The molecule has 0 aliphatic carbocycles. The highest BCUT2D eigenvalue weighted by Crippen LogP contribution is 1.81. The van der Waals surface area contributed by atoms with Crippen molar-refractivity contribution in [3.63, 3.8) is 0 Å². The molecule has 0 amide bonds. The monoisotopic (exact) mass is 204 g/mol. The van der Waals surface area contributed by atoms with Crippen molar-refractivity contribution in [2.24, 2.45) is 0 Å². The lowest BCUT2D eigenvalue weighted by Crippen LogP contribution is -2.26. The predicted molar refractivity (Wildman–Crippen MR) is 61.6 cm³/mol. The van der Waals surface area contributed by atoms with Crippen LogP contribution in [0.4, 0.5) is 0 Å². The van der Waals surface area contributed by atoms with Gasteiger partial charge in [0.25, 0.3) is 5.56 Å². The maximum Gasteiger partial charge on any atom is 0.250 e. The third-order valence-electron chi connectivity index (χ3n) is 2.03. The molecule has 0 atom stereocenters. The van der Waals surface area contributed by atoms with Crippen LogP contribution in [0.2, 0.25) is 0 Å². The van der Waals surface area contributed by atoms with Gasteiger partial charge in [-0.05, 0) is 13.0 Å². The molecule has 3 nitrogen and oxygen atoms in total. The Kier molecular flexibility index (Phi) is 5.28. The third-order valence-corrected chi connectivity index (χ3v) is 2.03. The second-order valence-corrected chi connectivity index (χ2v) is 3.16. The van der Waals surface area contributed by atoms with Crippen LogP contribution in [0.3, 0.4) is 0 Å². The zero-order chi connectivity index (χ0) is 10.9. The molecule has 0 spiro atoms. The Balaban J connectivity index is 2.23. The zero-order valence-electron chi connectivity index (χ0n) is 8.99. The first-order valence-corrected chi connectivity index (χ1v) is 5.10. The van der Waals surface area contributed by atoms with Gasteiger partial charge in [0.2, 0.25) is 0 Å². The van der Waals surface area contributed by atoms with Gasteiger partial charge < -0.3 is 9.88 Å². The number of aromatic nitrogens is 1. The Morgan fingerprint density at radius 2 is 2.27 bits per heavy atom. The van der Waals surface area contributed by atoms with Crippen molar-refractivity contribution in [2.45, 2.75) is 19.9 Å². The van der Waals surface area contributed by atoms with Crippen molar-refractivity contribution in [1.29, 1.82) is 0 Å². The highest BCUT2D eigenvalue weighted by molar-refractivity contribution is 4.95. The van der Waals surface area contributed by atoms with E-state index in [9.17, 15) is 4.79 Å². The summed E-state index contributed by atoms with van der Waals surface area (Å²) in [5.74, 6) is 5.82. The normalized spacial score (nSPS) is 9.40. The first-order chi connectivity index (χ1) is 7.34. The Morgan fingerprint density at radius 1 is 1.40 bits per heavy atom. The molecular weight excluding hydrogens is 188 g/mol. The summed E-state index contributed by atoms with van der Waals surface area (Å²) in [6.45, 7) is 4.22. The number of rotatable bonds is 5. The van der Waals surface area contributed by atoms with Crippen LogP contribution in [0.1, 0.15) is 13.3 Å². The molecule has 0 unspecified atom stereocenters. The van der Waals surface area contributed by atoms with Gasteiger partial charge in [-0.1, -0.05) is 6.07 Å². The molecule has 0 aliphatic heterocycles. The maximum atomic E-state index is 11.3. The number of nitrogens with one attached hydrogen (secondary N) is 1. The van der Waals surface area contributed by atoms with Crippen molar-refractivity contribution in [2.75, 3.05) is 13.1 Å². The molecule has 0 radical (unpaired) electrons. The number of hydrogen-bond donors (Lipinski definition) is 1. The van der Waals surface area contributed by atoms with Gasteiger partial charge in [-0.15, -0.1) is 11.8 Å². The van der Waals surface area contributed by atoms with Gasteiger partial charge in [0.15, 0.2) is 0 Å². The fourth-order valence-corrected chi connectivity index (χ4v) is 1.25. The lowest BCUT2D eigenvalue weighted by Gasteiger charge is -2.05. The van der Waals surface area contributed by atoms with E-state index in [1.165, 1.54) is 0 Å². The van der Waals surface area contributed by atoms with Crippen LogP contribution in [0.25, 0.3) is 0 Å². The molecule has 0 aliphatic rings. The SMILES string of the molecule is CC#CCCNCCn1ccccc1=O. The lowest BCUT2D eigenvalue weighted by molar-refractivity contribution is 0.591. The zero-order valence-corrected chi connectivity index (χ0v) is 8.99. The molecule has 0 aromatic carbocycles. The van der Waals surface area contributed by atoms with Crippen LogP contribution in [0.5, 0.6) is 0 Å².